The summed E-state index contributed by atoms with van der Waals surface area (Å²) >= 11 is 0. The standard InChI is InChI=1S/C15H20N4O2/c1-2-18-8-4-3-6-11(18)10-13-16-14-12(15(20)21)7-5-9-19(14)17-13/h5,7,9,11H,2-4,6,8,10H2,1H3,(H,20,21). The SMILES string of the molecule is CCN1CCCCC1Cc1nc2c(C(=O)O)cccn2n1. The molecular formula is C15H20N4O2. The van der Waals surface area contributed by atoms with E-state index >= 15 is 0 Å². The number of fused-ring (bicyclic) bond motifs is 1. The fraction of sp³-hybridized carbons (Fsp3) is 0.533. The van der Waals surface area contributed by atoms with Gasteiger partial charge in [0.2, 0.25) is 0 Å². The van der Waals surface area contributed by atoms with Crippen molar-refractivity contribution in [1.29, 1.82) is 0 Å². The van der Waals surface area contributed by atoms with Gasteiger partial charge in [-0.05, 0) is 38.1 Å². The van der Waals surface area contributed by atoms with Gasteiger partial charge in [0.1, 0.15) is 5.56 Å². The lowest BCUT2D eigenvalue weighted by molar-refractivity contribution is 0.0698. The maximum Gasteiger partial charge on any atom is 0.339 e. The van der Waals surface area contributed by atoms with Crippen LogP contribution in [0.15, 0.2) is 18.3 Å². The molecule has 1 aliphatic rings. The van der Waals surface area contributed by atoms with Crippen LogP contribution in [0.2, 0.25) is 0 Å². The van der Waals surface area contributed by atoms with Crippen molar-refractivity contribution in [2.45, 2.75) is 38.6 Å². The monoisotopic (exact) mass is 288 g/mol. The first-order valence-electron chi connectivity index (χ1n) is 7.50. The molecule has 0 radical (unpaired) electrons. The summed E-state index contributed by atoms with van der Waals surface area (Å²) in [6.45, 7) is 4.35. The van der Waals surface area contributed by atoms with Gasteiger partial charge in [-0.15, -0.1) is 0 Å². The summed E-state index contributed by atoms with van der Waals surface area (Å²) in [6.07, 6.45) is 6.20. The second-order valence-electron chi connectivity index (χ2n) is 5.51. The van der Waals surface area contributed by atoms with E-state index in [-0.39, 0.29) is 5.56 Å². The highest BCUT2D eigenvalue weighted by atomic mass is 16.4. The number of aromatic nitrogens is 3. The maximum atomic E-state index is 11.2. The predicted molar refractivity (Wildman–Crippen MR) is 78.5 cm³/mol. The summed E-state index contributed by atoms with van der Waals surface area (Å²) in [7, 11) is 0. The van der Waals surface area contributed by atoms with Crippen molar-refractivity contribution < 1.29 is 9.90 Å². The number of rotatable bonds is 4. The van der Waals surface area contributed by atoms with E-state index < -0.39 is 5.97 Å². The zero-order chi connectivity index (χ0) is 14.8. The van der Waals surface area contributed by atoms with Crippen molar-refractivity contribution in [2.24, 2.45) is 0 Å². The van der Waals surface area contributed by atoms with Crippen molar-refractivity contribution in [1.82, 2.24) is 19.5 Å². The van der Waals surface area contributed by atoms with Crippen molar-refractivity contribution in [3.63, 3.8) is 0 Å². The predicted octanol–water partition coefficient (Wildman–Crippen LogP) is 1.84. The second kappa shape index (κ2) is 5.81. The minimum absolute atomic E-state index is 0.201. The van der Waals surface area contributed by atoms with Gasteiger partial charge in [-0.3, -0.25) is 0 Å². The van der Waals surface area contributed by atoms with Gasteiger partial charge in [0, 0.05) is 18.7 Å². The van der Waals surface area contributed by atoms with Crippen LogP contribution in [0.25, 0.3) is 5.65 Å². The Labute approximate surface area is 123 Å². The Hall–Kier alpha value is -1.95. The van der Waals surface area contributed by atoms with E-state index in [0.29, 0.717) is 11.7 Å². The van der Waals surface area contributed by atoms with Crippen LogP contribution < -0.4 is 0 Å². The number of carboxylic acid groups (broad SMARTS) is 1. The van der Waals surface area contributed by atoms with E-state index in [0.717, 1.165) is 31.8 Å². The summed E-state index contributed by atoms with van der Waals surface area (Å²) in [5.41, 5.74) is 0.631. The number of hydrogen-bond donors (Lipinski definition) is 1. The average molecular weight is 288 g/mol. The lowest BCUT2D eigenvalue weighted by atomic mass is 9.99. The Morgan fingerprint density at radius 3 is 3.10 bits per heavy atom. The summed E-state index contributed by atoms with van der Waals surface area (Å²) in [5.74, 6) is -0.235. The van der Waals surface area contributed by atoms with Crippen molar-refractivity contribution in [3.05, 3.63) is 29.7 Å². The van der Waals surface area contributed by atoms with Crippen LogP contribution in [0, 0.1) is 0 Å². The molecule has 1 atom stereocenters. The van der Waals surface area contributed by atoms with Crippen LogP contribution in [0.1, 0.15) is 42.4 Å². The Morgan fingerprint density at radius 1 is 1.48 bits per heavy atom. The summed E-state index contributed by atoms with van der Waals surface area (Å²) < 4.78 is 1.57. The molecular weight excluding hydrogens is 268 g/mol. The van der Waals surface area contributed by atoms with Gasteiger partial charge in [-0.25, -0.2) is 14.3 Å². The zero-order valence-corrected chi connectivity index (χ0v) is 12.2. The number of nitrogens with zero attached hydrogens (tertiary/aromatic N) is 4. The lowest BCUT2D eigenvalue weighted by Gasteiger charge is -2.34. The highest BCUT2D eigenvalue weighted by Crippen LogP contribution is 2.20. The van der Waals surface area contributed by atoms with Crippen LogP contribution in [0.4, 0.5) is 0 Å². The van der Waals surface area contributed by atoms with E-state index in [1.807, 2.05) is 0 Å². The van der Waals surface area contributed by atoms with Crippen LogP contribution in [0.3, 0.4) is 0 Å². The molecule has 1 aliphatic heterocycles. The van der Waals surface area contributed by atoms with E-state index in [2.05, 4.69) is 21.9 Å². The number of likely N-dealkylation sites (tertiary alicyclic amines) is 1. The highest BCUT2D eigenvalue weighted by molar-refractivity contribution is 5.94. The van der Waals surface area contributed by atoms with Crippen LogP contribution >= 0.6 is 0 Å². The Balaban J connectivity index is 1.87. The average Bonchev–Trinajstić information content (AvgIpc) is 2.89. The first kappa shape index (κ1) is 14.0. The number of pyridine rings is 1. The van der Waals surface area contributed by atoms with Gasteiger partial charge in [0.05, 0.1) is 0 Å². The smallest absolute Gasteiger partial charge is 0.339 e. The molecule has 0 saturated carbocycles. The minimum Gasteiger partial charge on any atom is -0.478 e. The third-order valence-corrected chi connectivity index (χ3v) is 4.21. The first-order chi connectivity index (χ1) is 10.2. The van der Waals surface area contributed by atoms with Gasteiger partial charge in [0.25, 0.3) is 0 Å². The van der Waals surface area contributed by atoms with E-state index in [9.17, 15) is 9.90 Å². The lowest BCUT2D eigenvalue weighted by Crippen LogP contribution is -2.40. The molecule has 1 N–H and O–H groups in total. The van der Waals surface area contributed by atoms with Gasteiger partial charge in [-0.2, -0.15) is 5.10 Å². The molecule has 6 nitrogen and oxygen atoms in total. The Kier molecular flexibility index (Phi) is 3.88. The summed E-state index contributed by atoms with van der Waals surface area (Å²) in [5, 5.41) is 13.6. The van der Waals surface area contributed by atoms with Crippen molar-refractivity contribution >= 4 is 11.6 Å². The molecule has 0 amide bonds. The molecule has 1 saturated heterocycles. The quantitative estimate of drug-likeness (QED) is 0.929. The molecule has 1 unspecified atom stereocenters. The normalized spacial score (nSPS) is 20.0. The molecule has 2 aromatic heterocycles. The number of hydrogen-bond acceptors (Lipinski definition) is 4. The van der Waals surface area contributed by atoms with Crippen molar-refractivity contribution in [3.8, 4) is 0 Å². The fourth-order valence-corrected chi connectivity index (χ4v) is 3.12. The largest absolute Gasteiger partial charge is 0.478 e. The first-order valence-corrected chi connectivity index (χ1v) is 7.50. The topological polar surface area (TPSA) is 70.7 Å². The Bertz CT molecular complexity index is 652. The number of piperidine rings is 1. The molecule has 3 heterocycles. The van der Waals surface area contributed by atoms with Crippen LogP contribution in [-0.4, -0.2) is 49.7 Å². The third-order valence-electron chi connectivity index (χ3n) is 4.21. The zero-order valence-electron chi connectivity index (χ0n) is 12.2. The Morgan fingerprint density at radius 2 is 2.33 bits per heavy atom. The van der Waals surface area contributed by atoms with Gasteiger partial charge < -0.3 is 10.0 Å². The van der Waals surface area contributed by atoms with E-state index in [1.165, 1.54) is 12.8 Å². The van der Waals surface area contributed by atoms with E-state index in [1.54, 1.807) is 22.8 Å². The summed E-state index contributed by atoms with van der Waals surface area (Å²) in [6, 6.07) is 3.72. The molecule has 0 spiro atoms. The molecule has 0 bridgehead atoms. The van der Waals surface area contributed by atoms with Crippen LogP contribution in [-0.2, 0) is 6.42 Å². The van der Waals surface area contributed by atoms with Crippen LogP contribution in [0.5, 0.6) is 0 Å². The number of likely N-dealkylation sites (N-methyl/N-ethyl adjacent to an activating group) is 1. The molecule has 0 aromatic carbocycles. The third kappa shape index (κ3) is 2.76. The molecule has 6 heteroatoms. The minimum atomic E-state index is -0.965. The molecule has 3 rings (SSSR count). The molecule has 112 valence electrons. The molecule has 1 fully saturated rings. The fourth-order valence-electron chi connectivity index (χ4n) is 3.12. The number of aromatic carboxylic acids is 1. The molecule has 2 aromatic rings. The maximum absolute atomic E-state index is 11.2. The van der Waals surface area contributed by atoms with Crippen molar-refractivity contribution in [2.75, 3.05) is 13.1 Å². The van der Waals surface area contributed by atoms with Gasteiger partial charge >= 0.3 is 5.97 Å². The highest BCUT2D eigenvalue weighted by Gasteiger charge is 2.23. The van der Waals surface area contributed by atoms with Gasteiger partial charge in [0.15, 0.2) is 11.5 Å². The molecule has 21 heavy (non-hydrogen) atoms. The number of carbonyl (C=O) groups is 1. The molecule has 0 aliphatic carbocycles. The second-order valence-corrected chi connectivity index (χ2v) is 5.51. The summed E-state index contributed by atoms with van der Waals surface area (Å²) in [4.78, 5) is 18.1. The van der Waals surface area contributed by atoms with E-state index in [4.69, 9.17) is 0 Å². The van der Waals surface area contributed by atoms with Gasteiger partial charge in [-0.1, -0.05) is 13.3 Å². The number of carboxylic acids is 1.